The number of esters is 1. The first-order chi connectivity index (χ1) is 16.7. The van der Waals surface area contributed by atoms with Gasteiger partial charge in [-0.15, -0.1) is 11.3 Å². The molecule has 2 aromatic heterocycles. The van der Waals surface area contributed by atoms with Crippen molar-refractivity contribution in [2.75, 3.05) is 11.9 Å². The third kappa shape index (κ3) is 5.23. The number of nitrogens with one attached hydrogen (secondary N) is 2. The Balaban J connectivity index is 1.60. The van der Waals surface area contributed by atoms with Crippen LogP contribution in [-0.2, 0) is 17.6 Å². The van der Waals surface area contributed by atoms with E-state index in [0.29, 0.717) is 32.1 Å². The van der Waals surface area contributed by atoms with Gasteiger partial charge < -0.3 is 14.6 Å². The van der Waals surface area contributed by atoms with Crippen LogP contribution < -0.4 is 10.6 Å². The van der Waals surface area contributed by atoms with E-state index >= 15 is 0 Å². The fourth-order valence-corrected chi connectivity index (χ4v) is 6.33. The van der Waals surface area contributed by atoms with Crippen LogP contribution in [0.15, 0.2) is 22.7 Å². The second-order valence-electron chi connectivity index (χ2n) is 8.24. The predicted octanol–water partition coefficient (Wildman–Crippen LogP) is 6.45. The molecule has 1 amide bonds. The molecule has 1 unspecified atom stereocenters. The number of halogens is 2. The quantitative estimate of drug-likeness (QED) is 0.278. The molecule has 1 aliphatic carbocycles. The second-order valence-corrected chi connectivity index (χ2v) is 10.6. The number of carbonyl (C=O) groups is 2. The smallest absolute Gasteiger partial charge is 0.341 e. The molecule has 1 aliphatic rings. The largest absolute Gasteiger partial charge is 0.462 e. The van der Waals surface area contributed by atoms with E-state index in [1.807, 2.05) is 0 Å². The summed E-state index contributed by atoms with van der Waals surface area (Å²) in [7, 11) is 0. The van der Waals surface area contributed by atoms with Crippen molar-refractivity contribution in [1.82, 2.24) is 10.5 Å². The van der Waals surface area contributed by atoms with E-state index in [2.05, 4.69) is 22.7 Å². The summed E-state index contributed by atoms with van der Waals surface area (Å²) in [4.78, 5) is 27.1. The van der Waals surface area contributed by atoms with Crippen LogP contribution in [0, 0.1) is 12.8 Å². The summed E-state index contributed by atoms with van der Waals surface area (Å²) in [5, 5.41) is 10.9. The fourth-order valence-electron chi connectivity index (χ4n) is 4.09. The first-order valence-electron chi connectivity index (χ1n) is 11.1. The van der Waals surface area contributed by atoms with Crippen LogP contribution in [-0.4, -0.2) is 28.8 Å². The van der Waals surface area contributed by atoms with Crippen molar-refractivity contribution in [3.8, 4) is 11.3 Å². The monoisotopic (exact) mass is 551 g/mol. The van der Waals surface area contributed by atoms with Gasteiger partial charge in [0.05, 0.1) is 22.2 Å². The number of ether oxygens (including phenoxy) is 1. The standard InChI is InChI=1S/C24H23Cl2N3O4S2/c1-4-32-23(31)18-13-9-8-11(2)10-16(13)35-22(18)28-24(34)27-21(30)17-12(3)33-29-20(17)19-14(25)6-5-7-15(19)26/h5-7,11H,4,8-10H2,1-3H3,(H2,27,28,30,34). The molecule has 0 bridgehead atoms. The van der Waals surface area contributed by atoms with Gasteiger partial charge in [-0.3, -0.25) is 10.1 Å². The van der Waals surface area contributed by atoms with E-state index in [4.69, 9.17) is 44.7 Å². The predicted molar refractivity (Wildman–Crippen MR) is 142 cm³/mol. The number of thiocarbonyl (C=S) groups is 1. The van der Waals surface area contributed by atoms with Crippen molar-refractivity contribution in [2.24, 2.45) is 5.92 Å². The molecule has 3 aromatic rings. The number of rotatable bonds is 5. The zero-order chi connectivity index (χ0) is 25.3. The van der Waals surface area contributed by atoms with Crippen molar-refractivity contribution < 1.29 is 18.8 Å². The molecule has 0 saturated carbocycles. The summed E-state index contributed by atoms with van der Waals surface area (Å²) in [5.41, 5.74) is 2.25. The van der Waals surface area contributed by atoms with Crippen molar-refractivity contribution in [3.63, 3.8) is 0 Å². The number of aryl methyl sites for hydroxylation is 1. The minimum atomic E-state index is -0.542. The molecule has 184 valence electrons. The number of fused-ring (bicyclic) bond motifs is 1. The van der Waals surface area contributed by atoms with E-state index in [1.54, 1.807) is 32.0 Å². The average Bonchev–Trinajstić information content (AvgIpc) is 3.33. The molecule has 0 spiro atoms. The molecule has 35 heavy (non-hydrogen) atoms. The molecule has 0 radical (unpaired) electrons. The first kappa shape index (κ1) is 25.6. The number of thiophene rings is 1. The number of carbonyl (C=O) groups excluding carboxylic acids is 2. The number of anilines is 1. The van der Waals surface area contributed by atoms with E-state index in [0.717, 1.165) is 29.7 Å². The van der Waals surface area contributed by atoms with Crippen LogP contribution >= 0.6 is 46.8 Å². The third-order valence-corrected chi connectivity index (χ3v) is 7.74. The van der Waals surface area contributed by atoms with Crippen molar-refractivity contribution in [3.05, 3.63) is 55.6 Å². The lowest BCUT2D eigenvalue weighted by Crippen LogP contribution is -2.34. The Kier molecular flexibility index (Phi) is 7.80. The minimum Gasteiger partial charge on any atom is -0.462 e. The molecule has 1 atom stereocenters. The summed E-state index contributed by atoms with van der Waals surface area (Å²) in [6, 6.07) is 5.00. The van der Waals surface area contributed by atoms with Gasteiger partial charge in [-0.25, -0.2) is 4.79 Å². The highest BCUT2D eigenvalue weighted by molar-refractivity contribution is 7.80. The third-order valence-electron chi connectivity index (χ3n) is 5.73. The second kappa shape index (κ2) is 10.7. The Labute approximate surface area is 222 Å². The first-order valence-corrected chi connectivity index (χ1v) is 13.0. The molecule has 7 nitrogen and oxygen atoms in total. The molecule has 11 heteroatoms. The number of amides is 1. The normalized spacial score (nSPS) is 14.8. The topological polar surface area (TPSA) is 93.5 Å². The average molecular weight is 553 g/mol. The maximum Gasteiger partial charge on any atom is 0.341 e. The van der Waals surface area contributed by atoms with E-state index < -0.39 is 11.9 Å². The number of hydrogen-bond acceptors (Lipinski definition) is 7. The maximum atomic E-state index is 13.2. The van der Waals surface area contributed by atoms with E-state index in [9.17, 15) is 9.59 Å². The van der Waals surface area contributed by atoms with Gasteiger partial charge in [-0.05, 0) is 68.9 Å². The van der Waals surface area contributed by atoms with Crippen LogP contribution in [0.1, 0.15) is 57.2 Å². The van der Waals surface area contributed by atoms with Gasteiger partial charge in [0.25, 0.3) is 5.91 Å². The van der Waals surface area contributed by atoms with Crippen LogP contribution in [0.4, 0.5) is 5.00 Å². The van der Waals surface area contributed by atoms with Gasteiger partial charge in [0.15, 0.2) is 5.11 Å². The summed E-state index contributed by atoms with van der Waals surface area (Å²) < 4.78 is 10.6. The van der Waals surface area contributed by atoms with Gasteiger partial charge in [-0.1, -0.05) is 41.3 Å². The Hall–Kier alpha value is -2.46. The van der Waals surface area contributed by atoms with Gasteiger partial charge in [-0.2, -0.15) is 0 Å². The summed E-state index contributed by atoms with van der Waals surface area (Å²) in [5.74, 6) is -0.132. The number of nitrogens with zero attached hydrogens (tertiary/aromatic N) is 1. The molecular formula is C24H23Cl2N3O4S2. The van der Waals surface area contributed by atoms with Crippen LogP contribution in [0.25, 0.3) is 11.3 Å². The van der Waals surface area contributed by atoms with Crippen molar-refractivity contribution >= 4 is 68.7 Å². The highest BCUT2D eigenvalue weighted by Crippen LogP contribution is 2.40. The Morgan fingerprint density at radius 1 is 1.29 bits per heavy atom. The molecule has 0 aliphatic heterocycles. The van der Waals surface area contributed by atoms with E-state index in [1.165, 1.54) is 11.3 Å². The fraction of sp³-hybridized carbons (Fsp3) is 0.333. The van der Waals surface area contributed by atoms with E-state index in [-0.39, 0.29) is 28.7 Å². The summed E-state index contributed by atoms with van der Waals surface area (Å²) in [6.07, 6.45) is 2.68. The molecule has 0 fully saturated rings. The lowest BCUT2D eigenvalue weighted by molar-refractivity contribution is 0.0526. The van der Waals surface area contributed by atoms with Gasteiger partial charge in [0, 0.05) is 10.4 Å². The Bertz CT molecular complexity index is 1300. The van der Waals surface area contributed by atoms with Crippen LogP contribution in [0.5, 0.6) is 0 Å². The van der Waals surface area contributed by atoms with Crippen LogP contribution in [0.3, 0.4) is 0 Å². The SMILES string of the molecule is CCOC(=O)c1c(NC(=S)NC(=O)c2c(-c3c(Cl)cccc3Cl)noc2C)sc2c1CCC(C)C2. The summed E-state index contributed by atoms with van der Waals surface area (Å²) >= 11 is 19.5. The molecule has 1 aromatic carbocycles. The maximum absolute atomic E-state index is 13.2. The number of hydrogen-bond donors (Lipinski definition) is 2. The highest BCUT2D eigenvalue weighted by Gasteiger charge is 2.30. The van der Waals surface area contributed by atoms with Gasteiger partial charge in [0.2, 0.25) is 0 Å². The van der Waals surface area contributed by atoms with Crippen LogP contribution in [0.2, 0.25) is 10.0 Å². The molecule has 2 N–H and O–H groups in total. The zero-order valence-corrected chi connectivity index (χ0v) is 22.4. The molecule has 0 saturated heterocycles. The molecular weight excluding hydrogens is 529 g/mol. The number of benzene rings is 1. The number of aromatic nitrogens is 1. The molecule has 2 heterocycles. The minimum absolute atomic E-state index is 0.0315. The summed E-state index contributed by atoms with van der Waals surface area (Å²) in [6.45, 7) is 5.83. The zero-order valence-electron chi connectivity index (χ0n) is 19.3. The lowest BCUT2D eigenvalue weighted by atomic mass is 9.88. The Morgan fingerprint density at radius 3 is 2.69 bits per heavy atom. The Morgan fingerprint density at radius 2 is 2.00 bits per heavy atom. The lowest BCUT2D eigenvalue weighted by Gasteiger charge is -2.18. The highest BCUT2D eigenvalue weighted by atomic mass is 35.5. The van der Waals surface area contributed by atoms with Crippen molar-refractivity contribution in [2.45, 2.75) is 40.0 Å². The van der Waals surface area contributed by atoms with Crippen molar-refractivity contribution in [1.29, 1.82) is 0 Å². The van der Waals surface area contributed by atoms with Gasteiger partial charge in [0.1, 0.15) is 22.0 Å². The molecule has 4 rings (SSSR count). The van der Waals surface area contributed by atoms with Gasteiger partial charge >= 0.3 is 5.97 Å².